The van der Waals surface area contributed by atoms with E-state index in [4.69, 9.17) is 4.74 Å². The molecule has 152 valence electrons. The van der Waals surface area contributed by atoms with Gasteiger partial charge in [-0.25, -0.2) is 0 Å². The third-order valence-electron chi connectivity index (χ3n) is 5.83. The molecule has 0 spiro atoms. The van der Waals surface area contributed by atoms with E-state index in [0.717, 1.165) is 11.5 Å². The van der Waals surface area contributed by atoms with E-state index in [1.54, 1.807) is 23.5 Å². The van der Waals surface area contributed by atoms with Crippen LogP contribution in [-0.2, 0) is 16.2 Å². The standard InChI is InChI=1S/C25H34OS2/c1-23(2,3)15-11-17-21(19(13-15)27-9)26-22-18(25(17,7)8)12-16(24(4,5)6)14-20(22)28-10/h11-14H,1-10H3. The summed E-state index contributed by atoms with van der Waals surface area (Å²) in [5.41, 5.74) is 5.44. The highest BCUT2D eigenvalue weighted by Gasteiger charge is 2.39. The first kappa shape index (κ1) is 21.6. The zero-order chi connectivity index (χ0) is 21.1. The number of ether oxygens (including phenoxy) is 1. The maximum atomic E-state index is 6.65. The first-order valence-corrected chi connectivity index (χ1v) is 12.4. The van der Waals surface area contributed by atoms with Gasteiger partial charge in [-0.2, -0.15) is 0 Å². The van der Waals surface area contributed by atoms with Crippen molar-refractivity contribution in [1.82, 2.24) is 0 Å². The predicted molar refractivity (Wildman–Crippen MR) is 126 cm³/mol. The summed E-state index contributed by atoms with van der Waals surface area (Å²) < 4.78 is 6.65. The van der Waals surface area contributed by atoms with Gasteiger partial charge in [0.05, 0.1) is 9.79 Å². The van der Waals surface area contributed by atoms with E-state index < -0.39 is 0 Å². The highest BCUT2D eigenvalue weighted by Crippen LogP contribution is 2.55. The topological polar surface area (TPSA) is 9.23 Å². The number of benzene rings is 2. The Morgan fingerprint density at radius 3 is 1.32 bits per heavy atom. The fourth-order valence-corrected chi connectivity index (χ4v) is 4.92. The van der Waals surface area contributed by atoms with Crippen LogP contribution in [0.15, 0.2) is 34.1 Å². The van der Waals surface area contributed by atoms with Crippen LogP contribution in [-0.4, -0.2) is 12.5 Å². The van der Waals surface area contributed by atoms with Crippen molar-refractivity contribution >= 4 is 23.5 Å². The van der Waals surface area contributed by atoms with Crippen LogP contribution < -0.4 is 4.74 Å². The van der Waals surface area contributed by atoms with Crippen molar-refractivity contribution in [1.29, 1.82) is 0 Å². The summed E-state index contributed by atoms with van der Waals surface area (Å²) in [4.78, 5) is 2.46. The average Bonchev–Trinajstić information content (AvgIpc) is 2.58. The van der Waals surface area contributed by atoms with Crippen molar-refractivity contribution in [2.75, 3.05) is 12.5 Å². The lowest BCUT2D eigenvalue weighted by molar-refractivity contribution is 0.395. The van der Waals surface area contributed by atoms with Gasteiger partial charge >= 0.3 is 0 Å². The van der Waals surface area contributed by atoms with E-state index >= 15 is 0 Å². The van der Waals surface area contributed by atoms with E-state index in [2.05, 4.69) is 92.2 Å². The Balaban J connectivity index is 2.33. The van der Waals surface area contributed by atoms with Gasteiger partial charge in [-0.15, -0.1) is 23.5 Å². The fraction of sp³-hybridized carbons (Fsp3) is 0.520. The van der Waals surface area contributed by atoms with Crippen LogP contribution in [0.3, 0.4) is 0 Å². The Labute approximate surface area is 180 Å². The molecule has 0 saturated carbocycles. The van der Waals surface area contributed by atoms with Gasteiger partial charge in [-0.3, -0.25) is 0 Å². The van der Waals surface area contributed by atoms with Crippen LogP contribution in [0.1, 0.15) is 77.6 Å². The molecule has 0 radical (unpaired) electrons. The van der Waals surface area contributed by atoms with Crippen LogP contribution in [0.5, 0.6) is 11.5 Å². The van der Waals surface area contributed by atoms with Gasteiger partial charge in [-0.1, -0.05) is 67.5 Å². The first-order valence-electron chi connectivity index (χ1n) is 9.94. The van der Waals surface area contributed by atoms with E-state index in [-0.39, 0.29) is 16.2 Å². The minimum atomic E-state index is -0.111. The zero-order valence-electron chi connectivity index (χ0n) is 19.0. The van der Waals surface area contributed by atoms with Crippen LogP contribution >= 0.6 is 23.5 Å². The molecule has 0 bridgehead atoms. The van der Waals surface area contributed by atoms with Gasteiger partial charge in [0, 0.05) is 16.5 Å². The van der Waals surface area contributed by atoms with Crippen LogP contribution in [0, 0.1) is 0 Å². The van der Waals surface area contributed by atoms with Crippen molar-refractivity contribution in [3.8, 4) is 11.5 Å². The molecule has 1 nitrogen and oxygen atoms in total. The molecule has 0 aromatic heterocycles. The third kappa shape index (κ3) is 3.61. The Bertz CT molecular complexity index is 838. The normalized spacial score (nSPS) is 15.6. The molecule has 0 N–H and O–H groups in total. The van der Waals surface area contributed by atoms with E-state index in [1.165, 1.54) is 32.0 Å². The maximum Gasteiger partial charge on any atom is 0.145 e. The van der Waals surface area contributed by atoms with Crippen LogP contribution in [0.2, 0.25) is 0 Å². The molecule has 28 heavy (non-hydrogen) atoms. The van der Waals surface area contributed by atoms with Crippen molar-refractivity contribution in [2.24, 2.45) is 0 Å². The number of rotatable bonds is 2. The summed E-state index contributed by atoms with van der Waals surface area (Å²) >= 11 is 3.56. The molecular weight excluding hydrogens is 380 g/mol. The quantitative estimate of drug-likeness (QED) is 0.459. The van der Waals surface area contributed by atoms with Crippen LogP contribution in [0.4, 0.5) is 0 Å². The molecule has 2 aromatic carbocycles. The minimum Gasteiger partial charge on any atom is -0.454 e. The highest BCUT2D eigenvalue weighted by atomic mass is 32.2. The molecule has 0 amide bonds. The summed E-state index contributed by atoms with van der Waals surface area (Å²) in [6.07, 6.45) is 4.29. The van der Waals surface area contributed by atoms with Crippen molar-refractivity contribution in [2.45, 2.75) is 81.4 Å². The summed E-state index contributed by atoms with van der Waals surface area (Å²) in [7, 11) is 0. The summed E-state index contributed by atoms with van der Waals surface area (Å²) in [6.45, 7) is 18.4. The summed E-state index contributed by atoms with van der Waals surface area (Å²) in [6, 6.07) is 9.38. The molecule has 1 aliphatic heterocycles. The SMILES string of the molecule is CSc1cc(C(C)(C)C)cc2c1Oc1c(SC)cc(C(C)(C)C)cc1C2(C)C. The highest BCUT2D eigenvalue weighted by molar-refractivity contribution is 7.99. The lowest BCUT2D eigenvalue weighted by Gasteiger charge is -2.38. The van der Waals surface area contributed by atoms with Gasteiger partial charge in [0.15, 0.2) is 0 Å². The molecule has 1 heterocycles. The molecule has 1 aliphatic rings. The van der Waals surface area contributed by atoms with Gasteiger partial charge in [0.25, 0.3) is 0 Å². The maximum absolute atomic E-state index is 6.65. The predicted octanol–water partition coefficient (Wildman–Crippen LogP) is 8.16. The number of hydrogen-bond acceptors (Lipinski definition) is 3. The van der Waals surface area contributed by atoms with E-state index in [9.17, 15) is 0 Å². The average molecular weight is 415 g/mol. The molecular formula is C25H34OS2. The van der Waals surface area contributed by atoms with Crippen molar-refractivity contribution in [3.05, 3.63) is 46.5 Å². The zero-order valence-corrected chi connectivity index (χ0v) is 20.7. The van der Waals surface area contributed by atoms with Gasteiger partial charge in [-0.05, 0) is 46.6 Å². The van der Waals surface area contributed by atoms with Gasteiger partial charge < -0.3 is 4.74 Å². The van der Waals surface area contributed by atoms with Gasteiger partial charge in [0.2, 0.25) is 0 Å². The molecule has 3 heteroatoms. The minimum absolute atomic E-state index is 0.105. The molecule has 0 saturated heterocycles. The summed E-state index contributed by atoms with van der Waals surface area (Å²) in [5.74, 6) is 2.08. The second kappa shape index (κ2) is 7.02. The summed E-state index contributed by atoms with van der Waals surface area (Å²) in [5, 5.41) is 0. The van der Waals surface area contributed by atoms with E-state index in [0.29, 0.717) is 0 Å². The smallest absolute Gasteiger partial charge is 0.145 e. The lowest BCUT2D eigenvalue weighted by Crippen LogP contribution is -2.27. The van der Waals surface area contributed by atoms with Crippen molar-refractivity contribution in [3.63, 3.8) is 0 Å². The third-order valence-corrected chi connectivity index (χ3v) is 7.32. The molecule has 3 rings (SSSR count). The van der Waals surface area contributed by atoms with Gasteiger partial charge in [0.1, 0.15) is 11.5 Å². The van der Waals surface area contributed by atoms with E-state index in [1.807, 2.05) is 0 Å². The van der Waals surface area contributed by atoms with Crippen LogP contribution in [0.25, 0.3) is 0 Å². The first-order chi connectivity index (χ1) is 12.8. The fourth-order valence-electron chi connectivity index (χ4n) is 3.76. The second-order valence-electron chi connectivity index (χ2n) is 10.3. The Morgan fingerprint density at radius 2 is 1.04 bits per heavy atom. The lowest BCUT2D eigenvalue weighted by atomic mass is 9.72. The molecule has 0 unspecified atom stereocenters. The second-order valence-corrected chi connectivity index (χ2v) is 12.0. The molecule has 2 aromatic rings. The monoisotopic (exact) mass is 414 g/mol. The molecule has 0 aliphatic carbocycles. The number of hydrogen-bond donors (Lipinski definition) is 0. The number of fused-ring (bicyclic) bond motifs is 2. The molecule has 0 atom stereocenters. The Hall–Kier alpha value is -1.06. The number of thioether (sulfide) groups is 2. The molecule has 0 fully saturated rings. The van der Waals surface area contributed by atoms with Crippen molar-refractivity contribution < 1.29 is 4.74 Å². The Morgan fingerprint density at radius 1 is 0.679 bits per heavy atom. The Kier molecular flexibility index (Phi) is 5.43. The largest absolute Gasteiger partial charge is 0.454 e.